The van der Waals surface area contributed by atoms with Crippen LogP contribution in [0.5, 0.6) is 0 Å². The van der Waals surface area contributed by atoms with E-state index in [-0.39, 0.29) is 5.91 Å². The summed E-state index contributed by atoms with van der Waals surface area (Å²) in [7, 11) is 0. The van der Waals surface area contributed by atoms with Crippen LogP contribution in [0.3, 0.4) is 0 Å². The smallest absolute Gasteiger partial charge is 0.238 e. The number of nitrogens with zero attached hydrogens (tertiary/aromatic N) is 4. The summed E-state index contributed by atoms with van der Waals surface area (Å²) in [6, 6.07) is 17.8. The summed E-state index contributed by atoms with van der Waals surface area (Å²) in [6.45, 7) is 7.60. The minimum absolute atomic E-state index is 0.0139. The molecule has 1 aliphatic rings. The highest BCUT2D eigenvalue weighted by Crippen LogP contribution is 2.26. The van der Waals surface area contributed by atoms with Crippen molar-refractivity contribution in [2.75, 3.05) is 42.9 Å². The average molecular weight is 424 g/mol. The predicted octanol–water partition coefficient (Wildman–Crippen LogP) is 3.90. The Labute approximate surface area is 182 Å². The number of benzene rings is 2. The standard InChI is InChI=1S/C23H26ClN5O/c1-17-23(18(2)29(26-17)19-8-4-3-5-9-19)25-22(30)16-27-12-14-28(15-13-27)21-11-7-6-10-20(21)24/h3-11H,12-16H2,1-2H3,(H,25,30). The molecule has 2 aromatic carbocycles. The number of carbonyl (C=O) groups is 1. The first-order chi connectivity index (χ1) is 14.5. The van der Waals surface area contributed by atoms with Gasteiger partial charge >= 0.3 is 0 Å². The summed E-state index contributed by atoms with van der Waals surface area (Å²) in [5.74, 6) is -0.0139. The van der Waals surface area contributed by atoms with E-state index in [1.807, 2.05) is 73.1 Å². The lowest BCUT2D eigenvalue weighted by Gasteiger charge is -2.36. The van der Waals surface area contributed by atoms with Gasteiger partial charge in [0.1, 0.15) is 0 Å². The fourth-order valence-electron chi connectivity index (χ4n) is 3.88. The molecule has 0 saturated carbocycles. The topological polar surface area (TPSA) is 53.4 Å². The highest BCUT2D eigenvalue weighted by Gasteiger charge is 2.22. The lowest BCUT2D eigenvalue weighted by Crippen LogP contribution is -2.48. The first kappa shape index (κ1) is 20.4. The second kappa shape index (κ2) is 8.90. The lowest BCUT2D eigenvalue weighted by molar-refractivity contribution is -0.117. The SMILES string of the molecule is Cc1nn(-c2ccccc2)c(C)c1NC(=O)CN1CCN(c2ccccc2Cl)CC1. The second-order valence-corrected chi connectivity index (χ2v) is 7.96. The van der Waals surface area contributed by atoms with Gasteiger partial charge in [0, 0.05) is 26.2 Å². The quantitative estimate of drug-likeness (QED) is 0.676. The Kier molecular flexibility index (Phi) is 6.06. The van der Waals surface area contributed by atoms with Gasteiger partial charge < -0.3 is 10.2 Å². The molecular formula is C23H26ClN5O. The van der Waals surface area contributed by atoms with Crippen LogP contribution in [0.4, 0.5) is 11.4 Å². The van der Waals surface area contributed by atoms with E-state index in [4.69, 9.17) is 11.6 Å². The second-order valence-electron chi connectivity index (χ2n) is 7.56. The zero-order valence-electron chi connectivity index (χ0n) is 17.3. The molecule has 7 heteroatoms. The summed E-state index contributed by atoms with van der Waals surface area (Å²) in [4.78, 5) is 17.2. The molecule has 0 spiro atoms. The highest BCUT2D eigenvalue weighted by molar-refractivity contribution is 6.33. The third-order valence-electron chi connectivity index (χ3n) is 5.49. The van der Waals surface area contributed by atoms with E-state index in [0.717, 1.165) is 59.7 Å². The van der Waals surface area contributed by atoms with Gasteiger partial charge in [0.25, 0.3) is 0 Å². The number of piperazine rings is 1. The molecule has 4 rings (SSSR count). The number of hydrogen-bond donors (Lipinski definition) is 1. The van der Waals surface area contributed by atoms with Gasteiger partial charge in [-0.2, -0.15) is 5.10 Å². The molecule has 0 unspecified atom stereocenters. The number of hydrogen-bond acceptors (Lipinski definition) is 4. The third-order valence-corrected chi connectivity index (χ3v) is 5.81. The van der Waals surface area contributed by atoms with Crippen molar-refractivity contribution in [2.24, 2.45) is 0 Å². The molecule has 1 fully saturated rings. The van der Waals surface area contributed by atoms with E-state index < -0.39 is 0 Å². The normalized spacial score (nSPS) is 14.7. The van der Waals surface area contributed by atoms with Crippen LogP contribution < -0.4 is 10.2 Å². The molecule has 1 saturated heterocycles. The molecule has 1 aliphatic heterocycles. The Bertz CT molecular complexity index is 1030. The zero-order chi connectivity index (χ0) is 21.1. The average Bonchev–Trinajstić information content (AvgIpc) is 3.04. The number of amides is 1. The first-order valence-corrected chi connectivity index (χ1v) is 10.5. The molecule has 1 amide bonds. The maximum atomic E-state index is 12.7. The minimum atomic E-state index is -0.0139. The van der Waals surface area contributed by atoms with Gasteiger partial charge in [-0.05, 0) is 38.1 Å². The van der Waals surface area contributed by atoms with Crippen molar-refractivity contribution in [1.82, 2.24) is 14.7 Å². The number of para-hydroxylation sites is 2. The van der Waals surface area contributed by atoms with Crippen LogP contribution in [0.25, 0.3) is 5.69 Å². The monoisotopic (exact) mass is 423 g/mol. The molecule has 0 atom stereocenters. The Balaban J connectivity index is 1.36. The molecule has 6 nitrogen and oxygen atoms in total. The van der Waals surface area contributed by atoms with Crippen molar-refractivity contribution in [3.05, 3.63) is 71.0 Å². The fourth-order valence-corrected chi connectivity index (χ4v) is 4.14. The van der Waals surface area contributed by atoms with Crippen molar-refractivity contribution < 1.29 is 4.79 Å². The van der Waals surface area contributed by atoms with E-state index >= 15 is 0 Å². The molecule has 0 aliphatic carbocycles. The number of anilines is 2. The first-order valence-electron chi connectivity index (χ1n) is 10.2. The van der Waals surface area contributed by atoms with E-state index in [9.17, 15) is 4.79 Å². The number of halogens is 1. The molecule has 156 valence electrons. The van der Waals surface area contributed by atoms with Crippen LogP contribution in [-0.4, -0.2) is 53.3 Å². The molecule has 2 heterocycles. The molecule has 30 heavy (non-hydrogen) atoms. The number of aromatic nitrogens is 2. The van der Waals surface area contributed by atoms with Gasteiger partial charge in [0.2, 0.25) is 5.91 Å². The number of aryl methyl sites for hydroxylation is 1. The zero-order valence-corrected chi connectivity index (χ0v) is 18.1. The number of carbonyl (C=O) groups excluding carboxylic acids is 1. The largest absolute Gasteiger partial charge is 0.368 e. The van der Waals surface area contributed by atoms with Gasteiger partial charge in [-0.25, -0.2) is 4.68 Å². The Morgan fingerprint density at radius 2 is 1.67 bits per heavy atom. The van der Waals surface area contributed by atoms with Crippen LogP contribution in [0.15, 0.2) is 54.6 Å². The van der Waals surface area contributed by atoms with Crippen molar-refractivity contribution in [3.63, 3.8) is 0 Å². The minimum Gasteiger partial charge on any atom is -0.368 e. The summed E-state index contributed by atoms with van der Waals surface area (Å²) in [5.41, 5.74) is 4.57. The summed E-state index contributed by atoms with van der Waals surface area (Å²) >= 11 is 6.32. The lowest BCUT2D eigenvalue weighted by atomic mass is 10.2. The Morgan fingerprint density at radius 3 is 2.37 bits per heavy atom. The van der Waals surface area contributed by atoms with Crippen LogP contribution in [0.1, 0.15) is 11.4 Å². The van der Waals surface area contributed by atoms with E-state index in [1.165, 1.54) is 0 Å². The maximum Gasteiger partial charge on any atom is 0.238 e. The molecule has 0 bridgehead atoms. The van der Waals surface area contributed by atoms with Crippen molar-refractivity contribution in [2.45, 2.75) is 13.8 Å². The van der Waals surface area contributed by atoms with E-state index in [0.29, 0.717) is 6.54 Å². The predicted molar refractivity (Wildman–Crippen MR) is 122 cm³/mol. The maximum absolute atomic E-state index is 12.7. The molecular weight excluding hydrogens is 398 g/mol. The van der Waals surface area contributed by atoms with Gasteiger partial charge in [0.15, 0.2) is 0 Å². The summed E-state index contributed by atoms with van der Waals surface area (Å²) in [5, 5.41) is 8.44. The highest BCUT2D eigenvalue weighted by atomic mass is 35.5. The molecule has 0 radical (unpaired) electrons. The molecule has 1 aromatic heterocycles. The van der Waals surface area contributed by atoms with Crippen molar-refractivity contribution in [1.29, 1.82) is 0 Å². The molecule has 1 N–H and O–H groups in total. The van der Waals surface area contributed by atoms with Gasteiger partial charge in [-0.3, -0.25) is 9.69 Å². The Hall–Kier alpha value is -2.83. The van der Waals surface area contributed by atoms with Gasteiger partial charge in [0.05, 0.1) is 40.0 Å². The Morgan fingerprint density at radius 1 is 1.00 bits per heavy atom. The van der Waals surface area contributed by atoms with Crippen LogP contribution in [0, 0.1) is 13.8 Å². The van der Waals surface area contributed by atoms with Crippen LogP contribution in [0.2, 0.25) is 5.02 Å². The summed E-state index contributed by atoms with van der Waals surface area (Å²) < 4.78 is 1.87. The third kappa shape index (κ3) is 4.35. The number of rotatable bonds is 5. The molecule has 3 aromatic rings. The van der Waals surface area contributed by atoms with Gasteiger partial charge in [-0.15, -0.1) is 0 Å². The van der Waals surface area contributed by atoms with Crippen molar-refractivity contribution >= 4 is 28.9 Å². The van der Waals surface area contributed by atoms with Gasteiger partial charge in [-0.1, -0.05) is 41.9 Å². The number of nitrogens with one attached hydrogen (secondary N) is 1. The summed E-state index contributed by atoms with van der Waals surface area (Å²) in [6.07, 6.45) is 0. The fraction of sp³-hybridized carbons (Fsp3) is 0.304. The van der Waals surface area contributed by atoms with Crippen LogP contribution >= 0.6 is 11.6 Å². The van der Waals surface area contributed by atoms with E-state index in [1.54, 1.807) is 0 Å². The van der Waals surface area contributed by atoms with Crippen LogP contribution in [-0.2, 0) is 4.79 Å². The van der Waals surface area contributed by atoms with Crippen molar-refractivity contribution in [3.8, 4) is 5.69 Å². The van der Waals surface area contributed by atoms with E-state index in [2.05, 4.69) is 20.2 Å².